The smallest absolute Gasteiger partial charge is 0.309 e. The first-order valence-corrected chi connectivity index (χ1v) is 6.77. The highest BCUT2D eigenvalue weighted by Crippen LogP contribution is 2.41. The number of esters is 1. The molecule has 0 radical (unpaired) electrons. The van der Waals surface area contributed by atoms with Crippen molar-refractivity contribution in [3.63, 3.8) is 0 Å². The minimum absolute atomic E-state index is 0.0257. The van der Waals surface area contributed by atoms with Crippen molar-refractivity contribution < 1.29 is 14.3 Å². The quantitative estimate of drug-likeness (QED) is 0.778. The number of carbonyl (C=O) groups is 2. The molecule has 5 nitrogen and oxygen atoms in total. The number of hydrogen-bond acceptors (Lipinski definition) is 5. The van der Waals surface area contributed by atoms with Crippen LogP contribution in [0.15, 0.2) is 5.38 Å². The van der Waals surface area contributed by atoms with E-state index in [1.165, 1.54) is 18.4 Å². The lowest BCUT2D eigenvalue weighted by Crippen LogP contribution is -2.33. The Kier molecular flexibility index (Phi) is 3.65. The van der Waals surface area contributed by atoms with E-state index in [2.05, 4.69) is 9.72 Å². The van der Waals surface area contributed by atoms with Crippen LogP contribution in [0, 0.1) is 18.8 Å². The van der Waals surface area contributed by atoms with Crippen molar-refractivity contribution in [2.45, 2.75) is 20.3 Å². The maximum Gasteiger partial charge on any atom is 0.309 e. The van der Waals surface area contributed by atoms with Gasteiger partial charge in [-0.15, -0.1) is 11.3 Å². The van der Waals surface area contributed by atoms with Gasteiger partial charge in [0.2, 0.25) is 5.91 Å². The van der Waals surface area contributed by atoms with Crippen molar-refractivity contribution in [1.29, 1.82) is 0 Å². The summed E-state index contributed by atoms with van der Waals surface area (Å²) in [7, 11) is 1.35. The molecular formula is C12H16N2O3S. The lowest BCUT2D eigenvalue weighted by Gasteiger charge is -2.17. The van der Waals surface area contributed by atoms with Crippen molar-refractivity contribution in [3.05, 3.63) is 11.1 Å². The fourth-order valence-electron chi connectivity index (χ4n) is 1.93. The van der Waals surface area contributed by atoms with Crippen LogP contribution in [0.3, 0.4) is 0 Å². The van der Waals surface area contributed by atoms with Crippen LogP contribution in [0.1, 0.15) is 19.0 Å². The number of amides is 1. The number of carbonyl (C=O) groups excluding carboxylic acids is 2. The third kappa shape index (κ3) is 2.38. The van der Waals surface area contributed by atoms with E-state index in [0.717, 1.165) is 5.69 Å². The van der Waals surface area contributed by atoms with E-state index in [4.69, 9.17) is 0 Å². The fraction of sp³-hybridized carbons (Fsp3) is 0.583. The number of thiazole rings is 1. The Balaban J connectivity index is 2.06. The summed E-state index contributed by atoms with van der Waals surface area (Å²) in [6.45, 7) is 4.37. The highest BCUT2D eigenvalue weighted by atomic mass is 32.1. The lowest BCUT2D eigenvalue weighted by molar-refractivity contribution is -0.143. The summed E-state index contributed by atoms with van der Waals surface area (Å²) in [4.78, 5) is 29.6. The monoisotopic (exact) mass is 268 g/mol. The number of aromatic nitrogens is 1. The Morgan fingerprint density at radius 1 is 1.56 bits per heavy atom. The van der Waals surface area contributed by atoms with Gasteiger partial charge < -0.3 is 4.74 Å². The second kappa shape index (κ2) is 5.06. The fourth-order valence-corrected chi connectivity index (χ4v) is 2.80. The number of nitrogens with zero attached hydrogens (tertiary/aromatic N) is 2. The van der Waals surface area contributed by atoms with Gasteiger partial charge in [-0.2, -0.15) is 0 Å². The van der Waals surface area contributed by atoms with Gasteiger partial charge in [0.05, 0.1) is 24.6 Å². The Hall–Kier alpha value is -1.43. The van der Waals surface area contributed by atoms with E-state index in [-0.39, 0.29) is 23.7 Å². The minimum atomic E-state index is -0.292. The average Bonchev–Trinajstić information content (AvgIpc) is 3.06. The Morgan fingerprint density at radius 3 is 2.78 bits per heavy atom. The van der Waals surface area contributed by atoms with Crippen LogP contribution in [-0.2, 0) is 14.3 Å². The number of methoxy groups -OCH3 is 1. The van der Waals surface area contributed by atoms with Gasteiger partial charge in [-0.3, -0.25) is 14.5 Å². The number of hydrogen-bond donors (Lipinski definition) is 0. The Morgan fingerprint density at radius 2 is 2.28 bits per heavy atom. The summed E-state index contributed by atoms with van der Waals surface area (Å²) in [6, 6.07) is 0. The molecule has 0 aliphatic heterocycles. The van der Waals surface area contributed by atoms with E-state index < -0.39 is 0 Å². The molecule has 0 aromatic carbocycles. The van der Waals surface area contributed by atoms with Gasteiger partial charge in [0, 0.05) is 11.9 Å². The average molecular weight is 268 g/mol. The predicted molar refractivity (Wildman–Crippen MR) is 68.5 cm³/mol. The molecule has 1 saturated carbocycles. The molecular weight excluding hydrogens is 252 g/mol. The van der Waals surface area contributed by atoms with Crippen LogP contribution in [0.5, 0.6) is 0 Å². The number of rotatable bonds is 4. The predicted octanol–water partition coefficient (Wildman–Crippen LogP) is 1.61. The molecule has 2 unspecified atom stereocenters. The molecule has 1 fully saturated rings. The zero-order valence-corrected chi connectivity index (χ0v) is 11.5. The van der Waals surface area contributed by atoms with Gasteiger partial charge in [-0.1, -0.05) is 0 Å². The number of aryl methyl sites for hydroxylation is 1. The summed E-state index contributed by atoms with van der Waals surface area (Å²) < 4.78 is 4.66. The van der Waals surface area contributed by atoms with Gasteiger partial charge in [-0.25, -0.2) is 4.98 Å². The normalized spacial score (nSPS) is 21.5. The molecule has 98 valence electrons. The van der Waals surface area contributed by atoms with Gasteiger partial charge in [0.15, 0.2) is 5.13 Å². The maximum absolute atomic E-state index is 12.3. The molecule has 0 spiro atoms. The molecule has 0 saturated heterocycles. The molecule has 0 bridgehead atoms. The molecule has 1 amide bonds. The van der Waals surface area contributed by atoms with Crippen LogP contribution in [0.25, 0.3) is 0 Å². The van der Waals surface area contributed by atoms with Gasteiger partial charge >= 0.3 is 5.97 Å². The zero-order chi connectivity index (χ0) is 13.3. The highest BCUT2D eigenvalue weighted by Gasteiger charge is 2.50. The van der Waals surface area contributed by atoms with E-state index in [1.807, 2.05) is 19.2 Å². The first-order chi connectivity index (χ1) is 8.58. The number of ether oxygens (including phenoxy) is 1. The van der Waals surface area contributed by atoms with E-state index >= 15 is 0 Å². The van der Waals surface area contributed by atoms with Crippen LogP contribution in [0.4, 0.5) is 5.13 Å². The molecule has 1 aliphatic rings. The molecule has 18 heavy (non-hydrogen) atoms. The third-order valence-electron chi connectivity index (χ3n) is 3.03. The molecule has 2 rings (SSSR count). The van der Waals surface area contributed by atoms with Crippen LogP contribution in [-0.4, -0.2) is 30.5 Å². The molecule has 1 aliphatic carbocycles. The second-order valence-electron chi connectivity index (χ2n) is 4.33. The van der Waals surface area contributed by atoms with E-state index in [9.17, 15) is 9.59 Å². The summed E-state index contributed by atoms with van der Waals surface area (Å²) in [5.41, 5.74) is 0.904. The topological polar surface area (TPSA) is 59.5 Å². The highest BCUT2D eigenvalue weighted by molar-refractivity contribution is 7.14. The van der Waals surface area contributed by atoms with Crippen molar-refractivity contribution >= 4 is 28.3 Å². The summed E-state index contributed by atoms with van der Waals surface area (Å²) in [5.74, 6) is -0.818. The van der Waals surface area contributed by atoms with Crippen molar-refractivity contribution in [1.82, 2.24) is 4.98 Å². The number of anilines is 1. The third-order valence-corrected chi connectivity index (χ3v) is 4.01. The zero-order valence-electron chi connectivity index (χ0n) is 10.7. The van der Waals surface area contributed by atoms with Crippen LogP contribution >= 0.6 is 11.3 Å². The van der Waals surface area contributed by atoms with E-state index in [1.54, 1.807) is 4.90 Å². The van der Waals surface area contributed by atoms with Crippen molar-refractivity contribution in [2.24, 2.45) is 11.8 Å². The summed E-state index contributed by atoms with van der Waals surface area (Å²) in [5, 5.41) is 2.62. The molecule has 1 aromatic rings. The maximum atomic E-state index is 12.3. The molecule has 2 atom stereocenters. The minimum Gasteiger partial charge on any atom is -0.469 e. The lowest BCUT2D eigenvalue weighted by atomic mass is 10.3. The molecule has 6 heteroatoms. The standard InChI is InChI=1S/C12H16N2O3S/c1-4-14(12-13-7(2)6-18-12)10(15)8-5-9(8)11(16)17-3/h6,8-9H,4-5H2,1-3H3. The molecule has 1 aromatic heterocycles. The molecule has 0 N–H and O–H groups in total. The Bertz CT molecular complexity index is 472. The second-order valence-corrected chi connectivity index (χ2v) is 5.16. The van der Waals surface area contributed by atoms with Crippen LogP contribution < -0.4 is 4.90 Å². The largest absolute Gasteiger partial charge is 0.469 e. The van der Waals surface area contributed by atoms with Crippen LogP contribution in [0.2, 0.25) is 0 Å². The first-order valence-electron chi connectivity index (χ1n) is 5.89. The van der Waals surface area contributed by atoms with Gasteiger partial charge in [0.1, 0.15) is 0 Å². The van der Waals surface area contributed by atoms with E-state index in [0.29, 0.717) is 18.1 Å². The Labute approximate surface area is 110 Å². The van der Waals surface area contributed by atoms with Gasteiger partial charge in [-0.05, 0) is 20.3 Å². The summed E-state index contributed by atoms with van der Waals surface area (Å²) in [6.07, 6.45) is 0.590. The summed E-state index contributed by atoms with van der Waals surface area (Å²) >= 11 is 1.45. The van der Waals surface area contributed by atoms with Crippen molar-refractivity contribution in [2.75, 3.05) is 18.6 Å². The first kappa shape index (κ1) is 13.0. The van der Waals surface area contributed by atoms with Crippen molar-refractivity contribution in [3.8, 4) is 0 Å². The SMILES string of the molecule is CCN(C(=O)C1CC1C(=O)OC)c1nc(C)cs1. The molecule has 1 heterocycles. The van der Waals surface area contributed by atoms with Gasteiger partial charge in [0.25, 0.3) is 0 Å².